The maximum atomic E-state index is 11.8. The number of aliphatic carboxylic acids is 1. The van der Waals surface area contributed by atoms with Gasteiger partial charge in [-0.3, -0.25) is 9.59 Å². The van der Waals surface area contributed by atoms with Crippen LogP contribution in [0.3, 0.4) is 0 Å². The molecule has 6 nitrogen and oxygen atoms in total. The number of nitrogens with one attached hydrogen (secondary N) is 1. The molecule has 0 aliphatic carbocycles. The molecule has 0 spiro atoms. The van der Waals surface area contributed by atoms with Gasteiger partial charge in [0.05, 0.1) is 5.92 Å². The summed E-state index contributed by atoms with van der Waals surface area (Å²) in [5.41, 5.74) is 1.53. The Hall–Kier alpha value is -1.50. The second-order valence-corrected chi connectivity index (χ2v) is 5.39. The molecule has 2 N–H and O–H groups in total. The summed E-state index contributed by atoms with van der Waals surface area (Å²) in [6, 6.07) is 0. The zero-order valence-corrected chi connectivity index (χ0v) is 11.9. The average Bonchev–Trinajstić information content (AvgIpc) is 2.81. The van der Waals surface area contributed by atoms with Gasteiger partial charge in [-0.1, -0.05) is 38.0 Å². The van der Waals surface area contributed by atoms with E-state index in [1.165, 1.54) is 16.8 Å². The third-order valence-corrected chi connectivity index (χ3v) is 3.59. The van der Waals surface area contributed by atoms with Crippen molar-refractivity contribution in [1.82, 2.24) is 10.2 Å². The largest absolute Gasteiger partial charge is 0.481 e. The smallest absolute Gasteiger partial charge is 0.306 e. The van der Waals surface area contributed by atoms with Crippen molar-refractivity contribution in [3.8, 4) is 0 Å². The highest BCUT2D eigenvalue weighted by molar-refractivity contribution is 7.13. The van der Waals surface area contributed by atoms with Crippen LogP contribution in [0.5, 0.6) is 0 Å². The molecule has 1 heterocycles. The number of carboxylic acid groups (broad SMARTS) is 1. The van der Waals surface area contributed by atoms with E-state index in [9.17, 15) is 14.7 Å². The fraction of sp³-hybridized carbons (Fsp3) is 0.667. The molecule has 0 fully saturated rings. The summed E-state index contributed by atoms with van der Waals surface area (Å²) < 4.78 is 0. The Morgan fingerprint density at radius 1 is 1.53 bits per heavy atom. The quantitative estimate of drug-likeness (QED) is 0.765. The lowest BCUT2D eigenvalue weighted by Gasteiger charge is -2.19. The molecule has 19 heavy (non-hydrogen) atoms. The lowest BCUT2D eigenvalue weighted by molar-refractivity contribution is -0.144. The molecule has 0 aromatic carbocycles. The topological polar surface area (TPSA) is 92.2 Å². The van der Waals surface area contributed by atoms with Crippen molar-refractivity contribution in [3.05, 3.63) is 5.51 Å². The van der Waals surface area contributed by atoms with Crippen molar-refractivity contribution < 1.29 is 14.7 Å². The maximum Gasteiger partial charge on any atom is 0.306 e. The molecule has 0 radical (unpaired) electrons. The van der Waals surface area contributed by atoms with Crippen molar-refractivity contribution in [3.63, 3.8) is 0 Å². The number of nitrogens with zero attached hydrogens (tertiary/aromatic N) is 2. The fourth-order valence-corrected chi connectivity index (χ4v) is 2.37. The number of carbonyl (C=O) groups excluding carboxylic acids is 1. The third-order valence-electron chi connectivity index (χ3n) is 2.99. The van der Waals surface area contributed by atoms with Crippen LogP contribution in [0, 0.1) is 11.8 Å². The summed E-state index contributed by atoms with van der Waals surface area (Å²) >= 11 is 1.24. The molecular formula is C12H19N3O3S. The first kappa shape index (κ1) is 15.6. The molecule has 0 aliphatic rings. The number of aromatic nitrogens is 2. The second-order valence-electron chi connectivity index (χ2n) is 4.56. The van der Waals surface area contributed by atoms with E-state index in [1.807, 2.05) is 6.92 Å². The molecule has 106 valence electrons. The summed E-state index contributed by atoms with van der Waals surface area (Å²) in [5, 5.41) is 19.6. The molecule has 0 unspecified atom stereocenters. The molecule has 0 bridgehead atoms. The van der Waals surface area contributed by atoms with E-state index in [1.54, 1.807) is 6.92 Å². The van der Waals surface area contributed by atoms with Crippen molar-refractivity contribution in [2.45, 2.75) is 39.5 Å². The van der Waals surface area contributed by atoms with Gasteiger partial charge in [-0.25, -0.2) is 0 Å². The van der Waals surface area contributed by atoms with Crippen LogP contribution in [-0.2, 0) is 9.59 Å². The minimum Gasteiger partial charge on any atom is -0.481 e. The Bertz CT molecular complexity index is 408. The van der Waals surface area contributed by atoms with Gasteiger partial charge in [0.1, 0.15) is 5.51 Å². The Morgan fingerprint density at radius 3 is 2.79 bits per heavy atom. The maximum absolute atomic E-state index is 11.8. The van der Waals surface area contributed by atoms with E-state index in [0.29, 0.717) is 11.6 Å². The summed E-state index contributed by atoms with van der Waals surface area (Å²) in [5.74, 6) is -1.71. The van der Waals surface area contributed by atoms with Crippen LogP contribution in [0.25, 0.3) is 0 Å². The van der Waals surface area contributed by atoms with E-state index >= 15 is 0 Å². The van der Waals surface area contributed by atoms with Gasteiger partial charge in [-0.15, -0.1) is 10.2 Å². The van der Waals surface area contributed by atoms with Gasteiger partial charge in [0.2, 0.25) is 11.0 Å². The molecule has 1 amide bonds. The molecule has 1 aromatic rings. The SMILES string of the molecule is CCCC[C@H](C(=O)O)[C@@H](C)CC(=O)Nc1nncs1. The molecule has 0 aliphatic heterocycles. The summed E-state index contributed by atoms with van der Waals surface area (Å²) in [7, 11) is 0. The minimum absolute atomic E-state index is 0.181. The van der Waals surface area contributed by atoms with Crippen LogP contribution in [0.15, 0.2) is 5.51 Å². The predicted octanol–water partition coefficient (Wildman–Crippen LogP) is 2.39. The number of amides is 1. The van der Waals surface area contributed by atoms with Crippen molar-refractivity contribution >= 4 is 28.3 Å². The zero-order chi connectivity index (χ0) is 14.3. The van der Waals surface area contributed by atoms with Gasteiger partial charge in [-0.2, -0.15) is 0 Å². The minimum atomic E-state index is -0.829. The molecular weight excluding hydrogens is 266 g/mol. The van der Waals surface area contributed by atoms with E-state index in [2.05, 4.69) is 15.5 Å². The second kappa shape index (κ2) is 7.83. The highest BCUT2D eigenvalue weighted by Crippen LogP contribution is 2.22. The normalized spacial score (nSPS) is 13.8. The van der Waals surface area contributed by atoms with Crippen LogP contribution >= 0.6 is 11.3 Å². The summed E-state index contributed by atoms with van der Waals surface area (Å²) in [6.07, 6.45) is 2.60. The van der Waals surface area contributed by atoms with Gasteiger partial charge in [0.15, 0.2) is 0 Å². The fourth-order valence-electron chi connectivity index (χ4n) is 1.91. The van der Waals surface area contributed by atoms with Crippen LogP contribution in [-0.4, -0.2) is 27.2 Å². The van der Waals surface area contributed by atoms with Gasteiger partial charge in [0, 0.05) is 6.42 Å². The van der Waals surface area contributed by atoms with Crippen LogP contribution in [0.4, 0.5) is 5.13 Å². The molecule has 2 atom stereocenters. The standard InChI is InChI=1S/C12H19N3O3S/c1-3-4-5-9(11(17)18)8(2)6-10(16)14-12-15-13-7-19-12/h7-9H,3-6H2,1-2H3,(H,17,18)(H,14,15,16)/t8-,9-/m0/s1. The van der Waals surface area contributed by atoms with E-state index in [-0.39, 0.29) is 18.2 Å². The number of rotatable bonds is 8. The molecule has 1 rings (SSSR count). The lowest BCUT2D eigenvalue weighted by Crippen LogP contribution is -2.26. The van der Waals surface area contributed by atoms with Crippen LogP contribution in [0.2, 0.25) is 0 Å². The Kier molecular flexibility index (Phi) is 6.41. The first-order valence-electron chi connectivity index (χ1n) is 6.33. The van der Waals surface area contributed by atoms with Gasteiger partial charge in [-0.05, 0) is 12.3 Å². The Morgan fingerprint density at radius 2 is 2.26 bits per heavy atom. The Balaban J connectivity index is 2.48. The number of hydrogen-bond donors (Lipinski definition) is 2. The molecule has 0 saturated heterocycles. The van der Waals surface area contributed by atoms with Gasteiger partial charge in [0.25, 0.3) is 0 Å². The van der Waals surface area contributed by atoms with Crippen LogP contribution < -0.4 is 5.32 Å². The predicted molar refractivity (Wildman–Crippen MR) is 73.0 cm³/mol. The molecule has 1 aromatic heterocycles. The van der Waals surface area contributed by atoms with E-state index in [4.69, 9.17) is 0 Å². The van der Waals surface area contributed by atoms with E-state index < -0.39 is 11.9 Å². The van der Waals surface area contributed by atoms with Crippen LogP contribution in [0.1, 0.15) is 39.5 Å². The zero-order valence-electron chi connectivity index (χ0n) is 11.1. The molecule has 7 heteroatoms. The van der Waals surface area contributed by atoms with Crippen molar-refractivity contribution in [2.75, 3.05) is 5.32 Å². The Labute approximate surface area is 116 Å². The highest BCUT2D eigenvalue weighted by atomic mass is 32.1. The van der Waals surface area contributed by atoms with E-state index in [0.717, 1.165) is 12.8 Å². The first-order valence-corrected chi connectivity index (χ1v) is 7.21. The number of carbonyl (C=O) groups is 2. The first-order chi connectivity index (χ1) is 9.04. The van der Waals surface area contributed by atoms with Gasteiger partial charge < -0.3 is 10.4 Å². The highest BCUT2D eigenvalue weighted by Gasteiger charge is 2.26. The number of carboxylic acids is 1. The molecule has 0 saturated carbocycles. The monoisotopic (exact) mass is 285 g/mol. The number of hydrogen-bond acceptors (Lipinski definition) is 5. The summed E-state index contributed by atoms with van der Waals surface area (Å²) in [6.45, 7) is 3.82. The lowest BCUT2D eigenvalue weighted by atomic mass is 9.87. The average molecular weight is 285 g/mol. The third kappa shape index (κ3) is 5.34. The number of anilines is 1. The van der Waals surface area contributed by atoms with Crippen molar-refractivity contribution in [2.24, 2.45) is 11.8 Å². The summed E-state index contributed by atoms with van der Waals surface area (Å²) in [4.78, 5) is 22.9. The van der Waals surface area contributed by atoms with Crippen molar-refractivity contribution in [1.29, 1.82) is 0 Å². The number of unbranched alkanes of at least 4 members (excludes halogenated alkanes) is 1. The van der Waals surface area contributed by atoms with Gasteiger partial charge >= 0.3 is 5.97 Å².